The third-order valence-corrected chi connectivity index (χ3v) is 7.26. The second-order valence-electron chi connectivity index (χ2n) is 7.05. The molecule has 3 rings (SSSR count). The molecule has 1 saturated heterocycles. The largest absolute Gasteiger partial charge is 0.337 e. The minimum absolute atomic E-state index is 0.0372. The monoisotopic (exact) mass is 365 g/mol. The van der Waals surface area contributed by atoms with Crippen molar-refractivity contribution in [3.63, 3.8) is 0 Å². The van der Waals surface area contributed by atoms with Gasteiger partial charge in [-0.1, -0.05) is 30.3 Å². The number of amides is 2. The number of sulfonamides is 1. The van der Waals surface area contributed by atoms with Crippen molar-refractivity contribution in [2.75, 3.05) is 25.4 Å². The third-order valence-electron chi connectivity index (χ3n) is 5.37. The lowest BCUT2D eigenvalue weighted by atomic mass is 9.96. The van der Waals surface area contributed by atoms with Gasteiger partial charge in [0.05, 0.1) is 5.75 Å². The molecule has 2 N–H and O–H groups in total. The first-order chi connectivity index (χ1) is 12.0. The Bertz CT molecular complexity index is 694. The Morgan fingerprint density at radius 3 is 2.40 bits per heavy atom. The molecule has 6 nitrogen and oxygen atoms in total. The number of carbonyl (C=O) groups excluding carboxylic acids is 1. The highest BCUT2D eigenvalue weighted by Gasteiger charge is 2.44. The lowest BCUT2D eigenvalue weighted by molar-refractivity contribution is 0.226. The fraction of sp³-hybridized carbons (Fsp3) is 0.611. The maximum Gasteiger partial charge on any atom is 0.315 e. The van der Waals surface area contributed by atoms with E-state index in [1.54, 1.807) is 6.92 Å². The van der Waals surface area contributed by atoms with Crippen LogP contribution in [0, 0.1) is 0 Å². The normalized spacial score (nSPS) is 20.8. The van der Waals surface area contributed by atoms with E-state index in [0.29, 0.717) is 32.5 Å². The van der Waals surface area contributed by atoms with E-state index >= 15 is 0 Å². The molecular weight excluding hydrogens is 338 g/mol. The van der Waals surface area contributed by atoms with Crippen LogP contribution in [-0.2, 0) is 15.4 Å². The molecule has 1 heterocycles. The molecule has 0 bridgehead atoms. The minimum atomic E-state index is -3.12. The topological polar surface area (TPSA) is 78.5 Å². The van der Waals surface area contributed by atoms with Gasteiger partial charge in [0.2, 0.25) is 10.0 Å². The zero-order valence-corrected chi connectivity index (χ0v) is 15.5. The van der Waals surface area contributed by atoms with Crippen LogP contribution in [-0.4, -0.2) is 50.2 Å². The second-order valence-corrected chi connectivity index (χ2v) is 9.30. The van der Waals surface area contributed by atoms with Crippen molar-refractivity contribution in [2.24, 2.45) is 0 Å². The Morgan fingerprint density at radius 2 is 1.84 bits per heavy atom. The van der Waals surface area contributed by atoms with Crippen molar-refractivity contribution in [2.45, 2.75) is 44.1 Å². The van der Waals surface area contributed by atoms with E-state index in [2.05, 4.69) is 22.8 Å². The highest BCUT2D eigenvalue weighted by Crippen LogP contribution is 2.47. The summed E-state index contributed by atoms with van der Waals surface area (Å²) in [6.07, 6.45) is 3.53. The van der Waals surface area contributed by atoms with E-state index in [1.165, 1.54) is 9.87 Å². The number of nitrogens with one attached hydrogen (secondary N) is 2. The quantitative estimate of drug-likeness (QED) is 0.807. The zero-order chi connectivity index (χ0) is 17.9. The molecule has 1 aromatic carbocycles. The summed E-state index contributed by atoms with van der Waals surface area (Å²) < 4.78 is 25.3. The summed E-state index contributed by atoms with van der Waals surface area (Å²) in [5.41, 5.74) is 1.38. The zero-order valence-electron chi connectivity index (χ0n) is 14.7. The Morgan fingerprint density at radius 1 is 1.20 bits per heavy atom. The molecule has 0 unspecified atom stereocenters. The second kappa shape index (κ2) is 7.33. The van der Waals surface area contributed by atoms with Crippen molar-refractivity contribution in [3.05, 3.63) is 35.9 Å². The molecule has 2 fully saturated rings. The molecular formula is C18H27N3O3S. The summed E-state index contributed by atoms with van der Waals surface area (Å²) in [4.78, 5) is 12.2. The van der Waals surface area contributed by atoms with E-state index in [9.17, 15) is 13.2 Å². The first-order valence-electron chi connectivity index (χ1n) is 9.03. The number of carbonyl (C=O) groups is 1. The molecule has 7 heteroatoms. The minimum Gasteiger partial charge on any atom is -0.337 e. The molecule has 0 aromatic heterocycles. The van der Waals surface area contributed by atoms with Crippen molar-refractivity contribution in [1.82, 2.24) is 14.9 Å². The standard InChI is InChI=1S/C18H27N3O3S/c1-2-25(23,24)21-12-8-16(9-13-21)20-17(22)19-14-18(10-11-18)15-6-4-3-5-7-15/h3-7,16H,2,8-14H2,1H3,(H2,19,20,22). The Balaban J connectivity index is 1.44. The summed E-state index contributed by atoms with van der Waals surface area (Å²) in [6.45, 7) is 3.27. The molecule has 2 aliphatic rings. The summed E-state index contributed by atoms with van der Waals surface area (Å²) in [7, 11) is -3.12. The highest BCUT2D eigenvalue weighted by molar-refractivity contribution is 7.89. The lowest BCUT2D eigenvalue weighted by Crippen LogP contribution is -2.50. The smallest absolute Gasteiger partial charge is 0.315 e. The molecule has 0 radical (unpaired) electrons. The number of benzene rings is 1. The van der Waals surface area contributed by atoms with Crippen molar-refractivity contribution < 1.29 is 13.2 Å². The number of nitrogens with zero attached hydrogens (tertiary/aromatic N) is 1. The van der Waals surface area contributed by atoms with Gasteiger partial charge in [-0.2, -0.15) is 0 Å². The summed E-state index contributed by atoms with van der Waals surface area (Å²) in [5.74, 6) is 0.132. The first kappa shape index (κ1) is 18.2. The van der Waals surface area contributed by atoms with Gasteiger partial charge < -0.3 is 10.6 Å². The van der Waals surface area contributed by atoms with Crippen molar-refractivity contribution >= 4 is 16.1 Å². The van der Waals surface area contributed by atoms with Crippen LogP contribution in [0.25, 0.3) is 0 Å². The predicted molar refractivity (Wildman–Crippen MR) is 97.9 cm³/mol. The molecule has 1 aromatic rings. The maximum atomic E-state index is 12.2. The van der Waals surface area contributed by atoms with Crippen LogP contribution in [0.2, 0.25) is 0 Å². The number of urea groups is 1. The molecule has 1 saturated carbocycles. The molecule has 1 aliphatic heterocycles. The Kier molecular flexibility index (Phi) is 5.34. The molecule has 0 atom stereocenters. The highest BCUT2D eigenvalue weighted by atomic mass is 32.2. The van der Waals surface area contributed by atoms with Gasteiger partial charge in [0.1, 0.15) is 0 Å². The fourth-order valence-corrected chi connectivity index (χ4v) is 4.59. The van der Waals surface area contributed by atoms with Crippen LogP contribution in [0.1, 0.15) is 38.2 Å². The number of piperidine rings is 1. The van der Waals surface area contributed by atoms with E-state index in [-0.39, 0.29) is 23.2 Å². The molecule has 2 amide bonds. The summed E-state index contributed by atoms with van der Waals surface area (Å²) in [6, 6.07) is 10.2. The van der Waals surface area contributed by atoms with Crippen LogP contribution in [0.5, 0.6) is 0 Å². The van der Waals surface area contributed by atoms with E-state index < -0.39 is 10.0 Å². The maximum absolute atomic E-state index is 12.2. The Hall–Kier alpha value is -1.60. The molecule has 1 aliphatic carbocycles. The number of hydrogen-bond acceptors (Lipinski definition) is 3. The Labute approximate surface area is 150 Å². The van der Waals surface area contributed by atoms with Crippen LogP contribution < -0.4 is 10.6 Å². The van der Waals surface area contributed by atoms with Gasteiger partial charge >= 0.3 is 6.03 Å². The van der Waals surface area contributed by atoms with Crippen molar-refractivity contribution in [3.8, 4) is 0 Å². The van der Waals surface area contributed by atoms with Crippen LogP contribution in [0.3, 0.4) is 0 Å². The SMILES string of the molecule is CCS(=O)(=O)N1CCC(NC(=O)NCC2(c3ccccc3)CC2)CC1. The van der Waals surface area contributed by atoms with Gasteiger partial charge in [-0.05, 0) is 38.2 Å². The summed E-state index contributed by atoms with van der Waals surface area (Å²) in [5, 5.41) is 5.99. The van der Waals surface area contributed by atoms with Gasteiger partial charge in [0, 0.05) is 31.1 Å². The van der Waals surface area contributed by atoms with Crippen LogP contribution >= 0.6 is 0 Å². The number of hydrogen-bond donors (Lipinski definition) is 2. The van der Waals surface area contributed by atoms with Crippen molar-refractivity contribution in [1.29, 1.82) is 0 Å². The fourth-order valence-electron chi connectivity index (χ4n) is 3.46. The third kappa shape index (κ3) is 4.33. The average Bonchev–Trinajstić information content (AvgIpc) is 3.42. The van der Waals surface area contributed by atoms with E-state index in [4.69, 9.17) is 0 Å². The van der Waals surface area contributed by atoms with Gasteiger partial charge in [-0.25, -0.2) is 17.5 Å². The van der Waals surface area contributed by atoms with E-state index in [0.717, 1.165) is 12.8 Å². The predicted octanol–water partition coefficient (Wildman–Crippen LogP) is 1.83. The first-order valence-corrected chi connectivity index (χ1v) is 10.6. The van der Waals surface area contributed by atoms with Gasteiger partial charge in [0.15, 0.2) is 0 Å². The van der Waals surface area contributed by atoms with Gasteiger partial charge in [-0.3, -0.25) is 0 Å². The van der Waals surface area contributed by atoms with Gasteiger partial charge in [0.25, 0.3) is 0 Å². The molecule has 138 valence electrons. The lowest BCUT2D eigenvalue weighted by Gasteiger charge is -2.31. The average molecular weight is 365 g/mol. The van der Waals surface area contributed by atoms with E-state index in [1.807, 2.05) is 18.2 Å². The van der Waals surface area contributed by atoms with Crippen LogP contribution in [0.15, 0.2) is 30.3 Å². The molecule has 0 spiro atoms. The number of rotatable bonds is 6. The van der Waals surface area contributed by atoms with Gasteiger partial charge in [-0.15, -0.1) is 0 Å². The summed E-state index contributed by atoms with van der Waals surface area (Å²) >= 11 is 0. The molecule has 25 heavy (non-hydrogen) atoms. The van der Waals surface area contributed by atoms with Crippen LogP contribution in [0.4, 0.5) is 4.79 Å².